The lowest BCUT2D eigenvalue weighted by Crippen LogP contribution is -2.50. The average molecular weight is 445 g/mol. The highest BCUT2D eigenvalue weighted by Gasteiger charge is 2.29. The van der Waals surface area contributed by atoms with Gasteiger partial charge in [-0.2, -0.15) is 4.31 Å². The van der Waals surface area contributed by atoms with E-state index in [1.807, 2.05) is 4.90 Å². The van der Waals surface area contributed by atoms with Crippen LogP contribution in [0.5, 0.6) is 5.75 Å². The van der Waals surface area contributed by atoms with Crippen molar-refractivity contribution in [3.8, 4) is 5.75 Å². The molecule has 1 atom stereocenters. The SMILES string of the molecule is O=S(=O)(c1ccccc1)N1CCN(CC(O)COc2c(Cl)cccc2Cl)CC1. The number of benzene rings is 2. The van der Waals surface area contributed by atoms with Gasteiger partial charge in [0, 0.05) is 32.7 Å². The number of nitrogens with zero attached hydrogens (tertiary/aromatic N) is 2. The monoisotopic (exact) mass is 444 g/mol. The maximum atomic E-state index is 12.7. The van der Waals surface area contributed by atoms with Crippen LogP contribution in [-0.4, -0.2) is 68.2 Å². The Balaban J connectivity index is 1.49. The van der Waals surface area contributed by atoms with E-state index in [4.69, 9.17) is 27.9 Å². The summed E-state index contributed by atoms with van der Waals surface area (Å²) in [6, 6.07) is 13.5. The van der Waals surface area contributed by atoms with Crippen molar-refractivity contribution < 1.29 is 18.3 Å². The molecule has 28 heavy (non-hydrogen) atoms. The molecular weight excluding hydrogens is 423 g/mol. The molecule has 1 aliphatic heterocycles. The Kier molecular flexibility index (Phi) is 7.20. The van der Waals surface area contributed by atoms with E-state index in [0.717, 1.165) is 0 Å². The van der Waals surface area contributed by atoms with E-state index >= 15 is 0 Å². The number of ether oxygens (including phenoxy) is 1. The Labute approximate surface area is 175 Å². The summed E-state index contributed by atoms with van der Waals surface area (Å²) < 4.78 is 32.3. The van der Waals surface area contributed by atoms with E-state index in [-0.39, 0.29) is 6.61 Å². The van der Waals surface area contributed by atoms with E-state index in [1.165, 1.54) is 4.31 Å². The second kappa shape index (κ2) is 9.43. The van der Waals surface area contributed by atoms with E-state index < -0.39 is 16.1 Å². The molecule has 0 aliphatic carbocycles. The van der Waals surface area contributed by atoms with Gasteiger partial charge in [-0.15, -0.1) is 0 Å². The Hall–Kier alpha value is -1.35. The fraction of sp³-hybridized carbons (Fsp3) is 0.368. The molecule has 0 aromatic heterocycles. The highest BCUT2D eigenvalue weighted by atomic mass is 35.5. The molecule has 152 valence electrons. The van der Waals surface area contributed by atoms with Gasteiger partial charge in [-0.25, -0.2) is 8.42 Å². The Morgan fingerprint density at radius 3 is 2.18 bits per heavy atom. The second-order valence-electron chi connectivity index (χ2n) is 6.53. The molecule has 0 bridgehead atoms. The van der Waals surface area contributed by atoms with Crippen molar-refractivity contribution in [2.24, 2.45) is 0 Å². The van der Waals surface area contributed by atoms with Gasteiger partial charge >= 0.3 is 0 Å². The Morgan fingerprint density at radius 2 is 1.57 bits per heavy atom. The van der Waals surface area contributed by atoms with Gasteiger partial charge in [-0.3, -0.25) is 4.90 Å². The molecule has 2 aromatic carbocycles. The summed E-state index contributed by atoms with van der Waals surface area (Å²) in [5.74, 6) is 0.351. The molecule has 9 heteroatoms. The standard InChI is InChI=1S/C19H22Cl2N2O4S/c20-17-7-4-8-18(21)19(17)27-14-15(24)13-22-9-11-23(12-10-22)28(25,26)16-5-2-1-3-6-16/h1-8,15,24H,9-14H2. The lowest BCUT2D eigenvalue weighted by atomic mass is 10.3. The van der Waals surface area contributed by atoms with Gasteiger partial charge in [0.2, 0.25) is 10.0 Å². The molecule has 2 aromatic rings. The Bertz CT molecular complexity index is 868. The quantitative estimate of drug-likeness (QED) is 0.710. The van der Waals surface area contributed by atoms with Crippen molar-refractivity contribution in [1.29, 1.82) is 0 Å². The normalized spacial score (nSPS) is 17.4. The van der Waals surface area contributed by atoms with Crippen molar-refractivity contribution in [2.75, 3.05) is 39.3 Å². The number of piperazine rings is 1. The first kappa shape index (κ1) is 21.4. The molecule has 0 radical (unpaired) electrons. The van der Waals surface area contributed by atoms with Crippen LogP contribution < -0.4 is 4.74 Å². The Morgan fingerprint density at radius 1 is 0.964 bits per heavy atom. The number of aliphatic hydroxyl groups excluding tert-OH is 1. The van der Waals surface area contributed by atoms with Crippen LogP contribution in [0.25, 0.3) is 0 Å². The van der Waals surface area contributed by atoms with Gasteiger partial charge in [-0.1, -0.05) is 47.5 Å². The van der Waals surface area contributed by atoms with Crippen LogP contribution in [0.2, 0.25) is 10.0 Å². The molecule has 1 N–H and O–H groups in total. The van der Waals surface area contributed by atoms with Gasteiger partial charge < -0.3 is 9.84 Å². The number of hydrogen-bond acceptors (Lipinski definition) is 5. The maximum Gasteiger partial charge on any atom is 0.243 e. The topological polar surface area (TPSA) is 70.1 Å². The maximum absolute atomic E-state index is 12.7. The van der Waals surface area contributed by atoms with Crippen LogP contribution >= 0.6 is 23.2 Å². The summed E-state index contributed by atoms with van der Waals surface area (Å²) in [5, 5.41) is 11.0. The summed E-state index contributed by atoms with van der Waals surface area (Å²) in [6.07, 6.45) is -0.746. The lowest BCUT2D eigenvalue weighted by Gasteiger charge is -2.34. The number of para-hydroxylation sites is 1. The van der Waals surface area contributed by atoms with Crippen molar-refractivity contribution in [3.05, 3.63) is 58.6 Å². The van der Waals surface area contributed by atoms with Gasteiger partial charge in [0.1, 0.15) is 12.7 Å². The molecule has 3 rings (SSSR count). The van der Waals surface area contributed by atoms with Gasteiger partial charge in [0.15, 0.2) is 5.75 Å². The van der Waals surface area contributed by atoms with Crippen molar-refractivity contribution >= 4 is 33.2 Å². The lowest BCUT2D eigenvalue weighted by molar-refractivity contribution is 0.0569. The summed E-state index contributed by atoms with van der Waals surface area (Å²) >= 11 is 12.1. The molecule has 0 saturated carbocycles. The number of aliphatic hydroxyl groups is 1. The first-order chi connectivity index (χ1) is 13.4. The second-order valence-corrected chi connectivity index (χ2v) is 9.29. The minimum Gasteiger partial charge on any atom is -0.488 e. The number of β-amino-alcohol motifs (C(OH)–C–C–N with tert-alkyl or cyclic N) is 1. The predicted molar refractivity (Wildman–Crippen MR) is 110 cm³/mol. The zero-order valence-electron chi connectivity index (χ0n) is 15.2. The molecule has 1 aliphatic rings. The number of rotatable bonds is 7. The molecule has 1 heterocycles. The molecular formula is C19H22Cl2N2O4S. The summed E-state index contributed by atoms with van der Waals surface area (Å²) in [5.41, 5.74) is 0. The predicted octanol–water partition coefficient (Wildman–Crippen LogP) is 2.74. The van der Waals surface area contributed by atoms with E-state index in [2.05, 4.69) is 0 Å². The largest absolute Gasteiger partial charge is 0.488 e. The fourth-order valence-electron chi connectivity index (χ4n) is 3.04. The molecule has 0 amide bonds. The molecule has 1 saturated heterocycles. The zero-order chi connectivity index (χ0) is 20.1. The number of hydrogen-bond donors (Lipinski definition) is 1. The zero-order valence-corrected chi connectivity index (χ0v) is 17.5. The number of halogens is 2. The van der Waals surface area contributed by atoms with Crippen LogP contribution in [-0.2, 0) is 10.0 Å². The van der Waals surface area contributed by atoms with Gasteiger partial charge in [-0.05, 0) is 24.3 Å². The first-order valence-corrected chi connectivity index (χ1v) is 11.1. The van der Waals surface area contributed by atoms with Crippen LogP contribution in [0.4, 0.5) is 0 Å². The van der Waals surface area contributed by atoms with Crippen LogP contribution in [0.3, 0.4) is 0 Å². The van der Waals surface area contributed by atoms with Crippen molar-refractivity contribution in [3.63, 3.8) is 0 Å². The smallest absolute Gasteiger partial charge is 0.243 e. The van der Waals surface area contributed by atoms with Gasteiger partial charge in [0.25, 0.3) is 0 Å². The highest BCUT2D eigenvalue weighted by molar-refractivity contribution is 7.89. The van der Waals surface area contributed by atoms with E-state index in [1.54, 1.807) is 48.5 Å². The van der Waals surface area contributed by atoms with E-state index in [0.29, 0.717) is 53.4 Å². The van der Waals surface area contributed by atoms with Gasteiger partial charge in [0.05, 0.1) is 14.9 Å². The summed E-state index contributed by atoms with van der Waals surface area (Å²) in [7, 11) is -3.48. The molecule has 6 nitrogen and oxygen atoms in total. The minimum atomic E-state index is -3.48. The summed E-state index contributed by atoms with van der Waals surface area (Å²) in [6.45, 7) is 2.25. The fourth-order valence-corrected chi connectivity index (χ4v) is 4.99. The number of sulfonamides is 1. The van der Waals surface area contributed by atoms with Crippen LogP contribution in [0.1, 0.15) is 0 Å². The molecule has 0 spiro atoms. The molecule has 1 unspecified atom stereocenters. The van der Waals surface area contributed by atoms with E-state index in [9.17, 15) is 13.5 Å². The third-order valence-electron chi connectivity index (χ3n) is 4.52. The third kappa shape index (κ3) is 5.17. The first-order valence-electron chi connectivity index (χ1n) is 8.90. The third-order valence-corrected chi connectivity index (χ3v) is 7.03. The minimum absolute atomic E-state index is 0.0476. The van der Waals surface area contributed by atoms with Crippen LogP contribution in [0.15, 0.2) is 53.4 Å². The van der Waals surface area contributed by atoms with Crippen molar-refractivity contribution in [1.82, 2.24) is 9.21 Å². The average Bonchev–Trinajstić information content (AvgIpc) is 2.69. The molecule has 1 fully saturated rings. The van der Waals surface area contributed by atoms with Crippen molar-refractivity contribution in [2.45, 2.75) is 11.0 Å². The van der Waals surface area contributed by atoms with Crippen LogP contribution in [0, 0.1) is 0 Å². The summed E-state index contributed by atoms with van der Waals surface area (Å²) in [4.78, 5) is 2.31. The highest BCUT2D eigenvalue weighted by Crippen LogP contribution is 2.32.